The van der Waals surface area contributed by atoms with Crippen molar-refractivity contribution in [3.8, 4) is 0 Å². The van der Waals surface area contributed by atoms with Crippen molar-refractivity contribution in [3.05, 3.63) is 96.9 Å². The van der Waals surface area contributed by atoms with Gasteiger partial charge in [0, 0.05) is 31.8 Å². The van der Waals surface area contributed by atoms with E-state index in [2.05, 4.69) is 83.3 Å². The Morgan fingerprint density at radius 1 is 0.837 bits per heavy atom. The van der Waals surface area contributed by atoms with Crippen LogP contribution < -0.4 is 10.6 Å². The summed E-state index contributed by atoms with van der Waals surface area (Å²) in [5.74, 6) is -0.669. The van der Waals surface area contributed by atoms with E-state index in [0.717, 1.165) is 44.1 Å². The Morgan fingerprint density at radius 3 is 2.09 bits per heavy atom. The van der Waals surface area contributed by atoms with Crippen molar-refractivity contribution in [1.82, 2.24) is 15.6 Å². The van der Waals surface area contributed by atoms with Crippen molar-refractivity contribution < 1.29 is 19.1 Å². The molecule has 0 saturated carbocycles. The van der Waals surface area contributed by atoms with Crippen LogP contribution in [0.2, 0.25) is 0 Å². The van der Waals surface area contributed by atoms with Gasteiger partial charge in [0.2, 0.25) is 11.8 Å². The van der Waals surface area contributed by atoms with Gasteiger partial charge in [0.05, 0.1) is 7.11 Å². The fourth-order valence-corrected chi connectivity index (χ4v) is 3.96. The quantitative estimate of drug-likeness (QED) is 0.0790. The molecule has 0 aliphatic rings. The zero-order valence-electron chi connectivity index (χ0n) is 26.1. The van der Waals surface area contributed by atoms with Crippen LogP contribution in [-0.2, 0) is 19.1 Å². The van der Waals surface area contributed by atoms with Gasteiger partial charge in [0.25, 0.3) is 0 Å². The van der Waals surface area contributed by atoms with Crippen LogP contribution >= 0.6 is 0 Å². The molecule has 0 aliphatic heterocycles. The minimum absolute atomic E-state index is 0.0644. The van der Waals surface area contributed by atoms with E-state index >= 15 is 0 Å². The van der Waals surface area contributed by atoms with Crippen molar-refractivity contribution in [2.24, 2.45) is 0 Å². The molecule has 7 heteroatoms. The van der Waals surface area contributed by atoms with Crippen molar-refractivity contribution in [2.75, 3.05) is 13.7 Å². The van der Waals surface area contributed by atoms with Gasteiger partial charge in [-0.3, -0.25) is 14.6 Å². The molecule has 0 aromatic carbocycles. The number of hydrogen-bond donors (Lipinski definition) is 2. The summed E-state index contributed by atoms with van der Waals surface area (Å²) in [5.41, 5.74) is 0.945. The van der Waals surface area contributed by atoms with Crippen molar-refractivity contribution in [2.45, 2.75) is 90.0 Å². The molecule has 1 aromatic rings. The number of nitrogens with zero attached hydrogens (tertiary/aromatic N) is 1. The largest absolute Gasteiger partial charge is 0.467 e. The second kappa shape index (κ2) is 26.9. The molecule has 0 radical (unpaired) electrons. The molecule has 7 nitrogen and oxygen atoms in total. The molecule has 43 heavy (non-hydrogen) atoms. The Hall–Kier alpha value is -4.00. The number of unbranched alkanes of at least 4 members (excludes halogenated alkanes) is 2. The second-order valence-corrected chi connectivity index (χ2v) is 9.98. The first-order valence-corrected chi connectivity index (χ1v) is 15.5. The average Bonchev–Trinajstić information content (AvgIpc) is 3.02. The number of hydrogen-bond acceptors (Lipinski definition) is 5. The summed E-state index contributed by atoms with van der Waals surface area (Å²) < 4.78 is 4.87. The van der Waals surface area contributed by atoms with Crippen LogP contribution in [0.3, 0.4) is 0 Å². The van der Waals surface area contributed by atoms with Crippen molar-refractivity contribution >= 4 is 23.9 Å². The minimum atomic E-state index is -0.677. The van der Waals surface area contributed by atoms with Crippen LogP contribution in [0.25, 0.3) is 6.08 Å². The number of allylic oxidation sites excluding steroid dienone is 10. The number of nitrogens with one attached hydrogen (secondary N) is 2. The lowest BCUT2D eigenvalue weighted by Gasteiger charge is -2.16. The normalized spacial score (nSPS) is 12.8. The highest BCUT2D eigenvalue weighted by atomic mass is 16.5. The van der Waals surface area contributed by atoms with Crippen LogP contribution in [0.1, 0.15) is 89.5 Å². The number of amides is 2. The number of esters is 1. The first-order chi connectivity index (χ1) is 21.1. The number of methoxy groups -OCH3 is 1. The zero-order chi connectivity index (χ0) is 31.2. The van der Waals surface area contributed by atoms with Crippen LogP contribution in [0.15, 0.2) is 91.4 Å². The number of pyridine rings is 1. The van der Waals surface area contributed by atoms with Gasteiger partial charge in [-0.05, 0) is 75.8 Å². The number of ether oxygens (including phenoxy) is 1. The maximum atomic E-state index is 12.4. The Morgan fingerprint density at radius 2 is 1.49 bits per heavy atom. The molecule has 0 bridgehead atoms. The summed E-state index contributed by atoms with van der Waals surface area (Å²) in [7, 11) is 1.32. The van der Waals surface area contributed by atoms with E-state index in [1.54, 1.807) is 18.5 Å². The van der Waals surface area contributed by atoms with E-state index in [4.69, 9.17) is 4.74 Å². The fourth-order valence-electron chi connectivity index (χ4n) is 3.96. The molecule has 2 amide bonds. The number of carbonyl (C=O) groups excluding carboxylic acids is 3. The highest BCUT2D eigenvalue weighted by Crippen LogP contribution is 2.06. The molecule has 1 heterocycles. The summed E-state index contributed by atoms with van der Waals surface area (Å²) in [6, 6.07) is 3.09. The first-order valence-electron chi connectivity index (χ1n) is 15.5. The number of carbonyl (C=O) groups is 3. The Kier molecular flexibility index (Phi) is 23.1. The van der Waals surface area contributed by atoms with Crippen LogP contribution in [0.5, 0.6) is 0 Å². The zero-order valence-corrected chi connectivity index (χ0v) is 26.1. The molecule has 0 aliphatic carbocycles. The fraction of sp³-hybridized carbons (Fsp3) is 0.444. The molecule has 1 rings (SSSR count). The standard InChI is InChI=1S/C36H51N3O4/c1-3-4-5-6-7-8-9-10-11-12-13-14-15-16-17-18-19-27-35(41)39-33(36(42)43-2)26-20-21-30-38-34(40)28-22-24-32-25-23-29-37-31-32/h4-5,7-8,10-11,13-14,16-17,22-25,29,31,33H,3,6,9,12,15,18-21,26-28,30H2,1-2H3,(H,38,40)(H,39,41)/t33-/m0/s1. The van der Waals surface area contributed by atoms with Gasteiger partial charge in [-0.2, -0.15) is 0 Å². The molecule has 0 spiro atoms. The summed E-state index contributed by atoms with van der Waals surface area (Å²) >= 11 is 0. The second-order valence-electron chi connectivity index (χ2n) is 9.98. The van der Waals surface area contributed by atoms with E-state index in [1.807, 2.05) is 18.2 Å². The van der Waals surface area contributed by atoms with Crippen LogP contribution in [-0.4, -0.2) is 42.5 Å². The molecular formula is C36H51N3O4. The monoisotopic (exact) mass is 589 g/mol. The minimum Gasteiger partial charge on any atom is -0.467 e. The molecule has 1 atom stereocenters. The van der Waals surface area contributed by atoms with Crippen LogP contribution in [0, 0.1) is 0 Å². The molecule has 0 unspecified atom stereocenters. The maximum absolute atomic E-state index is 12.4. The predicted octanol–water partition coefficient (Wildman–Crippen LogP) is 7.35. The Balaban J connectivity index is 2.14. The van der Waals surface area contributed by atoms with Gasteiger partial charge in [0.1, 0.15) is 6.04 Å². The lowest BCUT2D eigenvalue weighted by atomic mass is 10.1. The van der Waals surface area contributed by atoms with E-state index in [0.29, 0.717) is 38.6 Å². The van der Waals surface area contributed by atoms with E-state index < -0.39 is 12.0 Å². The van der Waals surface area contributed by atoms with E-state index in [1.165, 1.54) is 7.11 Å². The summed E-state index contributed by atoms with van der Waals surface area (Å²) in [6.45, 7) is 2.65. The topological polar surface area (TPSA) is 97.4 Å². The van der Waals surface area contributed by atoms with Gasteiger partial charge in [-0.15, -0.1) is 0 Å². The van der Waals surface area contributed by atoms with Gasteiger partial charge in [-0.25, -0.2) is 4.79 Å². The van der Waals surface area contributed by atoms with Gasteiger partial charge in [-0.1, -0.05) is 85.9 Å². The summed E-state index contributed by atoms with van der Waals surface area (Å²) in [5, 5.41) is 5.68. The highest BCUT2D eigenvalue weighted by molar-refractivity contribution is 5.84. The molecule has 0 fully saturated rings. The molecule has 2 N–H and O–H groups in total. The smallest absolute Gasteiger partial charge is 0.328 e. The lowest BCUT2D eigenvalue weighted by molar-refractivity contribution is -0.145. The van der Waals surface area contributed by atoms with Crippen molar-refractivity contribution in [1.29, 1.82) is 0 Å². The maximum Gasteiger partial charge on any atom is 0.328 e. The molecular weight excluding hydrogens is 538 g/mol. The molecule has 0 saturated heterocycles. The highest BCUT2D eigenvalue weighted by Gasteiger charge is 2.20. The van der Waals surface area contributed by atoms with E-state index in [9.17, 15) is 14.4 Å². The summed E-state index contributed by atoms with van der Waals surface area (Å²) in [4.78, 5) is 40.6. The third-order valence-corrected chi connectivity index (χ3v) is 6.29. The lowest BCUT2D eigenvalue weighted by Crippen LogP contribution is -2.41. The van der Waals surface area contributed by atoms with Gasteiger partial charge in [0.15, 0.2) is 0 Å². The predicted molar refractivity (Wildman–Crippen MR) is 177 cm³/mol. The third-order valence-electron chi connectivity index (χ3n) is 6.29. The third kappa shape index (κ3) is 22.3. The van der Waals surface area contributed by atoms with Crippen LogP contribution in [0.4, 0.5) is 0 Å². The number of rotatable bonds is 23. The average molecular weight is 590 g/mol. The molecule has 234 valence electrons. The SMILES string of the molecule is CCC=CCC=CCC=CCC=CCC=CCCCC(=O)N[C@@H](CCCCNC(=O)CC=Cc1cccnc1)C(=O)OC. The van der Waals surface area contributed by atoms with Crippen molar-refractivity contribution in [3.63, 3.8) is 0 Å². The first kappa shape index (κ1) is 37.0. The summed E-state index contributed by atoms with van der Waals surface area (Å²) in [6.07, 6.45) is 37.6. The van der Waals surface area contributed by atoms with E-state index in [-0.39, 0.29) is 18.2 Å². The Bertz CT molecular complexity index is 1070. The van der Waals surface area contributed by atoms with Gasteiger partial charge >= 0.3 is 5.97 Å². The number of aromatic nitrogens is 1. The Labute approximate surface area is 259 Å². The van der Waals surface area contributed by atoms with Gasteiger partial charge < -0.3 is 15.4 Å². The molecule has 1 aromatic heterocycles.